The highest BCUT2D eigenvalue weighted by atomic mass is 16.5. The van der Waals surface area contributed by atoms with E-state index < -0.39 is 7.32 Å². The molecule has 138 valence electrons. The van der Waals surface area contributed by atoms with Crippen LogP contribution >= 0.6 is 0 Å². The second-order valence-corrected chi connectivity index (χ2v) is 6.43. The molecule has 25 heavy (non-hydrogen) atoms. The number of carbonyl (C=O) groups excluding carboxylic acids is 1. The van der Waals surface area contributed by atoms with E-state index in [4.69, 9.17) is 15.1 Å². The average Bonchev–Trinajstić information content (AvgIpc) is 2.63. The summed E-state index contributed by atoms with van der Waals surface area (Å²) in [6.07, 6.45) is 3.61. The maximum absolute atomic E-state index is 12.5. The van der Waals surface area contributed by atoms with Crippen molar-refractivity contribution >= 4 is 13.4 Å². The largest absolute Gasteiger partial charge is 0.631 e. The topological polar surface area (TPSA) is 87.5 Å². The van der Waals surface area contributed by atoms with Gasteiger partial charge in [0, 0.05) is 45.8 Å². The van der Waals surface area contributed by atoms with Crippen LogP contribution < -0.4 is 0 Å². The van der Waals surface area contributed by atoms with Crippen molar-refractivity contribution < 1.29 is 19.9 Å². The van der Waals surface area contributed by atoms with Gasteiger partial charge in [-0.1, -0.05) is 30.3 Å². The first-order valence-electron chi connectivity index (χ1n) is 8.90. The number of nitrogens with zero attached hydrogens (tertiary/aromatic N) is 3. The summed E-state index contributed by atoms with van der Waals surface area (Å²) in [5.74, 6) is 0. The van der Waals surface area contributed by atoms with Crippen LogP contribution in [0, 0.1) is 0 Å². The molecule has 0 spiro atoms. The first-order valence-corrected chi connectivity index (χ1v) is 8.90. The Morgan fingerprint density at radius 2 is 1.36 bits per heavy atom. The monoisotopic (exact) mass is 349 g/mol. The smallest absolute Gasteiger partial charge is 0.402 e. The lowest BCUT2D eigenvalue weighted by Gasteiger charge is -2.38. The van der Waals surface area contributed by atoms with Crippen molar-refractivity contribution in [2.24, 2.45) is 0 Å². The number of piperazine rings is 1. The minimum Gasteiger partial charge on any atom is -0.402 e. The summed E-state index contributed by atoms with van der Waals surface area (Å²) >= 11 is 0. The van der Waals surface area contributed by atoms with E-state index >= 15 is 0 Å². The molecule has 0 aromatic heterocycles. The lowest BCUT2D eigenvalue weighted by Crippen LogP contribution is -2.53. The maximum Gasteiger partial charge on any atom is 0.631 e. The summed E-state index contributed by atoms with van der Waals surface area (Å²) in [4.78, 5) is 19.0. The Hall–Kier alpha value is -1.61. The Labute approximate surface area is 149 Å². The summed E-state index contributed by atoms with van der Waals surface area (Å²) in [6, 6.07) is 10.8. The van der Waals surface area contributed by atoms with Crippen LogP contribution in [-0.4, -0.2) is 82.4 Å². The van der Waals surface area contributed by atoms with Gasteiger partial charge in [-0.2, -0.15) is 0 Å². The number of rotatable bonds is 2. The summed E-state index contributed by atoms with van der Waals surface area (Å²) in [5, 5.41) is 21.5. The van der Waals surface area contributed by atoms with E-state index in [-0.39, 0.29) is 6.03 Å². The van der Waals surface area contributed by atoms with E-state index in [9.17, 15) is 4.79 Å². The molecule has 0 bridgehead atoms. The lowest BCUT2D eigenvalue weighted by atomic mass is 10.1. The van der Waals surface area contributed by atoms with Gasteiger partial charge >= 0.3 is 13.4 Å². The molecule has 0 radical (unpaired) electrons. The zero-order valence-electron chi connectivity index (χ0n) is 14.6. The second kappa shape index (κ2) is 10.4. The number of carbonyl (C=O) groups is 1. The Morgan fingerprint density at radius 1 is 0.840 bits per heavy atom. The molecule has 0 atom stereocenters. The fourth-order valence-corrected chi connectivity index (χ4v) is 3.22. The number of likely N-dealkylation sites (tertiary alicyclic amines) is 1. The Bertz CT molecular complexity index is 501. The van der Waals surface area contributed by atoms with Crippen LogP contribution in [0.3, 0.4) is 0 Å². The van der Waals surface area contributed by atoms with Crippen LogP contribution in [-0.2, 0) is 6.54 Å². The maximum atomic E-state index is 12.5. The van der Waals surface area contributed by atoms with E-state index in [2.05, 4.69) is 35.2 Å². The molecule has 3 rings (SSSR count). The van der Waals surface area contributed by atoms with Gasteiger partial charge in [0.2, 0.25) is 0 Å². The molecule has 1 aromatic carbocycles. The Kier molecular flexibility index (Phi) is 8.20. The van der Waals surface area contributed by atoms with Crippen LogP contribution in [0.2, 0.25) is 0 Å². The molecule has 2 amide bonds. The highest BCUT2D eigenvalue weighted by Crippen LogP contribution is 2.14. The minimum absolute atomic E-state index is 0.258. The van der Waals surface area contributed by atoms with Gasteiger partial charge in [-0.05, 0) is 24.8 Å². The van der Waals surface area contributed by atoms with Gasteiger partial charge in [0.25, 0.3) is 0 Å². The summed E-state index contributed by atoms with van der Waals surface area (Å²) in [5.41, 5.74) is 1.35. The van der Waals surface area contributed by atoms with Gasteiger partial charge in [-0.3, -0.25) is 4.90 Å². The van der Waals surface area contributed by atoms with Gasteiger partial charge in [-0.15, -0.1) is 0 Å². The zero-order chi connectivity index (χ0) is 18.1. The number of amides is 2. The van der Waals surface area contributed by atoms with Gasteiger partial charge in [0.15, 0.2) is 0 Å². The molecule has 0 saturated carbocycles. The zero-order valence-corrected chi connectivity index (χ0v) is 14.6. The van der Waals surface area contributed by atoms with Crippen LogP contribution in [0.5, 0.6) is 0 Å². The van der Waals surface area contributed by atoms with Crippen LogP contribution in [0.15, 0.2) is 30.3 Å². The molecule has 7 nitrogen and oxygen atoms in total. The van der Waals surface area contributed by atoms with Gasteiger partial charge in [0.1, 0.15) is 0 Å². The number of hydrogen-bond acceptors (Lipinski definition) is 5. The van der Waals surface area contributed by atoms with E-state index in [1.807, 2.05) is 9.80 Å². The standard InChI is InChI=1S/C17H25N3O.BH3O3/c21-17(19-9-5-2-6-10-19)20-13-11-18(12-14-20)15-16-7-3-1-4-8-16;2-1(3)4/h1,3-4,7-8H,2,5-6,9-15H2;2-4H. The number of urea groups is 1. The molecule has 2 fully saturated rings. The van der Waals surface area contributed by atoms with Crippen molar-refractivity contribution in [3.8, 4) is 0 Å². The first-order chi connectivity index (χ1) is 12.1. The van der Waals surface area contributed by atoms with Crippen molar-refractivity contribution in [2.45, 2.75) is 25.8 Å². The molecule has 2 heterocycles. The summed E-state index contributed by atoms with van der Waals surface area (Å²) < 4.78 is 0. The molecule has 3 N–H and O–H groups in total. The Balaban J connectivity index is 0.000000511. The molecule has 2 aliphatic heterocycles. The van der Waals surface area contributed by atoms with Crippen LogP contribution in [0.25, 0.3) is 0 Å². The number of hydrogen-bond donors (Lipinski definition) is 3. The fraction of sp³-hybridized carbons (Fsp3) is 0.588. The van der Waals surface area contributed by atoms with Crippen LogP contribution in [0.1, 0.15) is 24.8 Å². The molecule has 2 aliphatic rings. The Morgan fingerprint density at radius 3 is 1.92 bits per heavy atom. The summed E-state index contributed by atoms with van der Waals surface area (Å²) in [7, 11) is -2.17. The minimum atomic E-state index is -2.17. The normalized spacial score (nSPS) is 18.4. The van der Waals surface area contributed by atoms with E-state index in [1.165, 1.54) is 24.8 Å². The molecular weight excluding hydrogens is 321 g/mol. The molecule has 0 aliphatic carbocycles. The molecule has 8 heteroatoms. The quantitative estimate of drug-likeness (QED) is 0.671. The van der Waals surface area contributed by atoms with Crippen molar-refractivity contribution in [2.75, 3.05) is 39.3 Å². The highest BCUT2D eigenvalue weighted by Gasteiger charge is 2.25. The molecule has 1 aromatic rings. The van der Waals surface area contributed by atoms with Gasteiger partial charge in [0.05, 0.1) is 0 Å². The van der Waals surface area contributed by atoms with Gasteiger partial charge in [-0.25, -0.2) is 4.79 Å². The van der Waals surface area contributed by atoms with Crippen molar-refractivity contribution in [1.29, 1.82) is 0 Å². The van der Waals surface area contributed by atoms with Crippen molar-refractivity contribution in [1.82, 2.24) is 14.7 Å². The molecule has 2 saturated heterocycles. The SMILES string of the molecule is O=C(N1CCCCC1)N1CCN(Cc2ccccc2)CC1.OB(O)O. The molecular formula is C17H28BN3O4. The third-order valence-electron chi connectivity index (χ3n) is 4.52. The van der Waals surface area contributed by atoms with Crippen molar-refractivity contribution in [3.63, 3.8) is 0 Å². The second-order valence-electron chi connectivity index (χ2n) is 6.43. The third-order valence-corrected chi connectivity index (χ3v) is 4.52. The van der Waals surface area contributed by atoms with Crippen LogP contribution in [0.4, 0.5) is 4.79 Å². The van der Waals surface area contributed by atoms with E-state index in [0.29, 0.717) is 0 Å². The average molecular weight is 349 g/mol. The highest BCUT2D eigenvalue weighted by molar-refractivity contribution is 6.30. The lowest BCUT2D eigenvalue weighted by molar-refractivity contribution is 0.105. The number of benzene rings is 1. The fourth-order valence-electron chi connectivity index (χ4n) is 3.22. The third kappa shape index (κ3) is 7.03. The predicted octanol–water partition coefficient (Wildman–Crippen LogP) is 0.358. The first kappa shape index (κ1) is 19.7. The molecule has 0 unspecified atom stereocenters. The summed E-state index contributed by atoms with van der Waals surface area (Å²) in [6.45, 7) is 6.58. The van der Waals surface area contributed by atoms with Crippen molar-refractivity contribution in [3.05, 3.63) is 35.9 Å². The van der Waals surface area contributed by atoms with E-state index in [0.717, 1.165) is 45.8 Å². The van der Waals surface area contributed by atoms with Gasteiger partial charge < -0.3 is 24.9 Å². The number of piperidine rings is 1. The predicted molar refractivity (Wildman–Crippen MR) is 96.5 cm³/mol. The van der Waals surface area contributed by atoms with E-state index in [1.54, 1.807) is 0 Å².